The molecule has 0 radical (unpaired) electrons. The largest absolute Gasteiger partial charge is 0.352 e. The zero-order valence-electron chi connectivity index (χ0n) is 15.5. The van der Waals surface area contributed by atoms with Crippen molar-refractivity contribution in [2.45, 2.75) is 56.1 Å². The Bertz CT molecular complexity index is 892. The Hall–Kier alpha value is -2.31. The highest BCUT2D eigenvalue weighted by Gasteiger charge is 2.38. The summed E-state index contributed by atoms with van der Waals surface area (Å²) in [6.45, 7) is 5.21. The van der Waals surface area contributed by atoms with E-state index in [-0.39, 0.29) is 12.1 Å². The van der Waals surface area contributed by atoms with Gasteiger partial charge in [-0.2, -0.15) is 10.2 Å². The molecule has 27 heavy (non-hydrogen) atoms. The van der Waals surface area contributed by atoms with Crippen molar-refractivity contribution in [3.8, 4) is 12.3 Å². The van der Waals surface area contributed by atoms with Gasteiger partial charge in [0, 0.05) is 36.9 Å². The lowest BCUT2D eigenvalue weighted by Crippen LogP contribution is -2.40. The first-order valence-corrected chi connectivity index (χ1v) is 9.96. The van der Waals surface area contributed by atoms with Gasteiger partial charge in [-0.05, 0) is 39.0 Å². The fraction of sp³-hybridized carbons (Fsp3) is 0.500. The second kappa shape index (κ2) is 7.74. The van der Waals surface area contributed by atoms with E-state index >= 15 is 0 Å². The molecular formula is C18H23FN4O3S. The van der Waals surface area contributed by atoms with Gasteiger partial charge in [0.15, 0.2) is 5.66 Å². The Morgan fingerprint density at radius 1 is 1.30 bits per heavy atom. The first-order chi connectivity index (χ1) is 12.5. The van der Waals surface area contributed by atoms with Crippen molar-refractivity contribution < 1.29 is 17.6 Å². The lowest BCUT2D eigenvalue weighted by atomic mass is 10.0. The minimum absolute atomic E-state index is 0.0491. The van der Waals surface area contributed by atoms with Crippen LogP contribution in [0.2, 0.25) is 0 Å². The molecule has 0 saturated heterocycles. The Morgan fingerprint density at radius 2 is 1.96 bits per heavy atom. The fourth-order valence-corrected chi connectivity index (χ4v) is 3.98. The summed E-state index contributed by atoms with van der Waals surface area (Å²) >= 11 is 0. The molecule has 1 aliphatic heterocycles. The number of sulfonamides is 1. The number of hydrogen-bond acceptors (Lipinski definition) is 5. The fourth-order valence-electron chi connectivity index (χ4n) is 2.45. The highest BCUT2D eigenvalue weighted by atomic mass is 32.2. The minimum Gasteiger partial charge on any atom is -0.352 e. The van der Waals surface area contributed by atoms with Crippen LogP contribution >= 0.6 is 0 Å². The number of nitrogens with zero attached hydrogens (tertiary/aromatic N) is 2. The zero-order valence-corrected chi connectivity index (χ0v) is 16.4. The highest BCUT2D eigenvalue weighted by molar-refractivity contribution is 7.89. The highest BCUT2D eigenvalue weighted by Crippen LogP contribution is 2.36. The second-order valence-corrected chi connectivity index (χ2v) is 9.04. The summed E-state index contributed by atoms with van der Waals surface area (Å²) < 4.78 is 41.2. The van der Waals surface area contributed by atoms with Gasteiger partial charge in [0.25, 0.3) is 5.91 Å². The first kappa shape index (κ1) is 21.0. The van der Waals surface area contributed by atoms with Gasteiger partial charge in [0.1, 0.15) is 10.7 Å². The van der Waals surface area contributed by atoms with Gasteiger partial charge in [-0.3, -0.25) is 4.79 Å². The standard InChI is InChI=1S/C18H23FN4O3S/c1-5-6-9-18(21-22-18)10-11-20-16(24)13-7-8-14(19)15(12-13)27(25,26)23-17(2,3)4/h1,7-8,12,23H,6,9-11H2,2-4H3,(H,20,24). The van der Waals surface area contributed by atoms with Gasteiger partial charge < -0.3 is 5.32 Å². The molecule has 0 aromatic heterocycles. The predicted octanol–water partition coefficient (Wildman–Crippen LogP) is 2.60. The summed E-state index contributed by atoms with van der Waals surface area (Å²) in [5.41, 5.74) is -1.26. The molecule has 0 saturated carbocycles. The van der Waals surface area contributed by atoms with Crippen LogP contribution in [0.15, 0.2) is 33.3 Å². The van der Waals surface area contributed by atoms with Gasteiger partial charge >= 0.3 is 0 Å². The average Bonchev–Trinajstić information content (AvgIpc) is 3.31. The molecule has 0 atom stereocenters. The van der Waals surface area contributed by atoms with E-state index in [9.17, 15) is 17.6 Å². The predicted molar refractivity (Wildman–Crippen MR) is 99.1 cm³/mol. The van der Waals surface area contributed by atoms with Crippen LogP contribution in [0.3, 0.4) is 0 Å². The monoisotopic (exact) mass is 394 g/mol. The Kier molecular flexibility index (Phi) is 6.02. The molecule has 0 fully saturated rings. The summed E-state index contributed by atoms with van der Waals surface area (Å²) in [6, 6.07) is 3.23. The molecule has 1 amide bonds. The van der Waals surface area contributed by atoms with Crippen molar-refractivity contribution in [1.82, 2.24) is 10.0 Å². The van der Waals surface area contributed by atoms with Crippen LogP contribution in [-0.2, 0) is 10.0 Å². The number of amides is 1. The molecule has 1 aliphatic rings. The maximum Gasteiger partial charge on any atom is 0.251 e. The van der Waals surface area contributed by atoms with Crippen molar-refractivity contribution in [1.29, 1.82) is 0 Å². The lowest BCUT2D eigenvalue weighted by Gasteiger charge is -2.20. The third-order valence-electron chi connectivity index (χ3n) is 3.79. The van der Waals surface area contributed by atoms with Crippen molar-refractivity contribution in [3.05, 3.63) is 29.6 Å². The third-order valence-corrected chi connectivity index (χ3v) is 5.56. The number of hydrogen-bond donors (Lipinski definition) is 2. The quantitative estimate of drug-likeness (QED) is 0.663. The molecule has 0 bridgehead atoms. The SMILES string of the molecule is C#CCCC1(CCNC(=O)c2ccc(F)c(S(=O)(=O)NC(C)(C)C)c2)N=N1. The number of halogens is 1. The van der Waals surface area contributed by atoms with Gasteiger partial charge in [-0.1, -0.05) is 0 Å². The second-order valence-electron chi connectivity index (χ2n) is 7.39. The van der Waals surface area contributed by atoms with E-state index in [0.717, 1.165) is 12.1 Å². The Balaban J connectivity index is 2.04. The van der Waals surface area contributed by atoms with E-state index in [2.05, 4.69) is 26.2 Å². The molecule has 7 nitrogen and oxygen atoms in total. The summed E-state index contributed by atoms with van der Waals surface area (Å²) in [6.07, 6.45) is 6.89. The molecule has 9 heteroatoms. The van der Waals surface area contributed by atoms with Crippen LogP contribution in [0.25, 0.3) is 0 Å². The normalized spacial score (nSPS) is 15.2. The summed E-state index contributed by atoms with van der Waals surface area (Å²) in [5, 5.41) is 10.6. The van der Waals surface area contributed by atoms with E-state index in [1.165, 1.54) is 6.07 Å². The van der Waals surface area contributed by atoms with Crippen LogP contribution in [0.5, 0.6) is 0 Å². The molecule has 0 spiro atoms. The number of nitrogens with one attached hydrogen (secondary N) is 2. The van der Waals surface area contributed by atoms with Crippen molar-refractivity contribution >= 4 is 15.9 Å². The molecule has 1 aromatic carbocycles. The minimum atomic E-state index is -4.10. The molecule has 146 valence electrons. The van der Waals surface area contributed by atoms with Crippen LogP contribution in [0, 0.1) is 18.2 Å². The van der Waals surface area contributed by atoms with Gasteiger partial charge in [-0.25, -0.2) is 17.5 Å². The molecule has 0 aliphatic carbocycles. The zero-order chi connectivity index (χ0) is 20.3. The van der Waals surface area contributed by atoms with Gasteiger partial charge in [-0.15, -0.1) is 12.3 Å². The molecule has 0 unspecified atom stereocenters. The number of rotatable bonds is 8. The van der Waals surface area contributed by atoms with Gasteiger partial charge in [0.2, 0.25) is 10.0 Å². The van der Waals surface area contributed by atoms with Crippen LogP contribution in [0.4, 0.5) is 4.39 Å². The topological polar surface area (TPSA) is 100.0 Å². The Morgan fingerprint density at radius 3 is 2.52 bits per heavy atom. The maximum atomic E-state index is 14.0. The molecule has 2 N–H and O–H groups in total. The van der Waals surface area contributed by atoms with E-state index in [0.29, 0.717) is 19.3 Å². The first-order valence-electron chi connectivity index (χ1n) is 8.47. The number of terminal acetylenes is 1. The number of carbonyl (C=O) groups is 1. The summed E-state index contributed by atoms with van der Waals surface area (Å²) in [4.78, 5) is 11.7. The molecule has 1 heterocycles. The van der Waals surface area contributed by atoms with Crippen molar-refractivity contribution in [2.24, 2.45) is 10.2 Å². The van der Waals surface area contributed by atoms with Crippen LogP contribution in [0.1, 0.15) is 50.4 Å². The molecule has 1 aromatic rings. The van der Waals surface area contributed by atoms with Crippen molar-refractivity contribution in [2.75, 3.05) is 6.54 Å². The molecule has 2 rings (SSSR count). The maximum absolute atomic E-state index is 14.0. The average molecular weight is 394 g/mol. The smallest absolute Gasteiger partial charge is 0.251 e. The third kappa shape index (κ3) is 5.84. The van der Waals surface area contributed by atoms with E-state index < -0.39 is 37.8 Å². The summed E-state index contributed by atoms with van der Waals surface area (Å²) in [7, 11) is -4.10. The van der Waals surface area contributed by atoms with Gasteiger partial charge in [0.05, 0.1) is 0 Å². The lowest BCUT2D eigenvalue weighted by molar-refractivity contribution is 0.0951. The van der Waals surface area contributed by atoms with E-state index in [1.807, 2.05) is 0 Å². The molecular weight excluding hydrogens is 371 g/mol. The Labute approximate surface area is 158 Å². The summed E-state index contributed by atoms with van der Waals surface area (Å²) in [5.74, 6) is 1.10. The number of benzene rings is 1. The van der Waals surface area contributed by atoms with E-state index in [4.69, 9.17) is 6.42 Å². The van der Waals surface area contributed by atoms with Crippen LogP contribution < -0.4 is 10.0 Å². The van der Waals surface area contributed by atoms with E-state index in [1.54, 1.807) is 20.8 Å². The number of carbonyl (C=O) groups excluding carboxylic acids is 1. The van der Waals surface area contributed by atoms with Crippen molar-refractivity contribution in [3.63, 3.8) is 0 Å². The van der Waals surface area contributed by atoms with Crippen LogP contribution in [-0.4, -0.2) is 32.1 Å².